The van der Waals surface area contributed by atoms with E-state index in [-0.39, 0.29) is 0 Å². The first-order valence-electron chi connectivity index (χ1n) is 3.49. The van der Waals surface area contributed by atoms with Crippen molar-refractivity contribution in [3.63, 3.8) is 0 Å². The van der Waals surface area contributed by atoms with Gasteiger partial charge in [0.15, 0.2) is 0 Å². The number of rotatable bonds is 5. The fourth-order valence-corrected chi connectivity index (χ4v) is 0.896. The van der Waals surface area contributed by atoms with Crippen LogP contribution in [0.15, 0.2) is 4.40 Å². The minimum Gasteiger partial charge on any atom is -0.387 e. The van der Waals surface area contributed by atoms with E-state index >= 15 is 0 Å². The molecule has 0 aromatic heterocycles. The summed E-state index contributed by atoms with van der Waals surface area (Å²) >= 11 is 0.931. The van der Waals surface area contributed by atoms with E-state index in [0.29, 0.717) is 5.84 Å². The number of nitrogens with two attached hydrogens (primary N) is 2. The minimum absolute atomic E-state index is 0.654. The summed E-state index contributed by atoms with van der Waals surface area (Å²) in [6.07, 6.45) is 4.42. The molecule has 0 aromatic rings. The topological polar surface area (TPSA) is 64.4 Å². The molecule has 4 N–H and O–H groups in total. The Hall–Kier alpha value is -0.220. The van der Waals surface area contributed by atoms with Gasteiger partial charge in [-0.2, -0.15) is 4.40 Å². The molecule has 0 radical (unpaired) electrons. The largest absolute Gasteiger partial charge is 0.387 e. The molecular formula is C6H15N3S. The normalized spacial score (nSPS) is 12.0. The van der Waals surface area contributed by atoms with Crippen LogP contribution in [0.5, 0.6) is 0 Å². The van der Waals surface area contributed by atoms with Gasteiger partial charge in [0.25, 0.3) is 0 Å². The van der Waals surface area contributed by atoms with Gasteiger partial charge in [-0.15, -0.1) is 0 Å². The van der Waals surface area contributed by atoms with E-state index in [2.05, 4.69) is 11.3 Å². The summed E-state index contributed by atoms with van der Waals surface area (Å²) in [6.45, 7) is 2.16. The lowest BCUT2D eigenvalue weighted by Crippen LogP contribution is -2.10. The molecule has 3 nitrogen and oxygen atoms in total. The molecule has 0 saturated carbocycles. The van der Waals surface area contributed by atoms with Crippen LogP contribution in [-0.4, -0.2) is 5.84 Å². The Labute approximate surface area is 66.5 Å². The van der Waals surface area contributed by atoms with Crippen LogP contribution in [0.25, 0.3) is 0 Å². The fraction of sp³-hybridized carbons (Fsp3) is 0.833. The van der Waals surface area contributed by atoms with Crippen molar-refractivity contribution in [2.75, 3.05) is 0 Å². The van der Waals surface area contributed by atoms with Crippen LogP contribution in [0.3, 0.4) is 0 Å². The van der Waals surface area contributed by atoms with E-state index in [1.165, 1.54) is 12.8 Å². The minimum atomic E-state index is 0.654. The Kier molecular flexibility index (Phi) is 6.74. The molecule has 10 heavy (non-hydrogen) atoms. The lowest BCUT2D eigenvalue weighted by Gasteiger charge is -1.96. The number of hydrogen-bond donors (Lipinski definition) is 2. The van der Waals surface area contributed by atoms with E-state index in [9.17, 15) is 0 Å². The lowest BCUT2D eigenvalue weighted by atomic mass is 10.2. The Morgan fingerprint density at radius 1 is 1.50 bits per heavy atom. The zero-order valence-corrected chi connectivity index (χ0v) is 7.16. The van der Waals surface area contributed by atoms with Crippen molar-refractivity contribution in [2.45, 2.75) is 32.6 Å². The number of nitrogens with zero attached hydrogens (tertiary/aromatic N) is 1. The highest BCUT2D eigenvalue weighted by Crippen LogP contribution is 2.00. The SMILES string of the molecule is CCCCC/C(N)=N/SN. The Bertz CT molecular complexity index is 103. The van der Waals surface area contributed by atoms with Crippen molar-refractivity contribution in [3.8, 4) is 0 Å². The maximum Gasteiger partial charge on any atom is 0.109 e. The highest BCUT2D eigenvalue weighted by molar-refractivity contribution is 7.95. The first-order chi connectivity index (χ1) is 4.81. The highest BCUT2D eigenvalue weighted by atomic mass is 32.2. The van der Waals surface area contributed by atoms with Gasteiger partial charge in [0, 0.05) is 6.42 Å². The molecule has 0 saturated heterocycles. The second-order valence-electron chi connectivity index (χ2n) is 2.15. The van der Waals surface area contributed by atoms with Gasteiger partial charge in [0.1, 0.15) is 5.84 Å². The first kappa shape index (κ1) is 9.78. The summed E-state index contributed by atoms with van der Waals surface area (Å²) in [4.78, 5) is 0. The van der Waals surface area contributed by atoms with Crippen LogP contribution in [-0.2, 0) is 0 Å². The van der Waals surface area contributed by atoms with Gasteiger partial charge in [-0.05, 0) is 6.42 Å². The summed E-state index contributed by atoms with van der Waals surface area (Å²) in [5.74, 6) is 0.654. The molecule has 0 atom stereocenters. The predicted molar refractivity (Wildman–Crippen MR) is 47.5 cm³/mol. The summed E-state index contributed by atoms with van der Waals surface area (Å²) in [5, 5.41) is 5.08. The third kappa shape index (κ3) is 5.91. The molecule has 0 aromatic carbocycles. The second-order valence-corrected chi connectivity index (χ2v) is 2.54. The second kappa shape index (κ2) is 6.89. The number of unbranched alkanes of at least 4 members (excludes halogenated alkanes) is 2. The lowest BCUT2D eigenvalue weighted by molar-refractivity contribution is 0.740. The molecule has 0 heterocycles. The van der Waals surface area contributed by atoms with Gasteiger partial charge in [0.2, 0.25) is 0 Å². The fourth-order valence-electron chi connectivity index (χ4n) is 0.669. The van der Waals surface area contributed by atoms with Crippen molar-refractivity contribution < 1.29 is 0 Å². The molecule has 0 aliphatic heterocycles. The average molecular weight is 161 g/mol. The summed E-state index contributed by atoms with van der Waals surface area (Å²) in [7, 11) is 0. The maximum atomic E-state index is 5.47. The zero-order chi connectivity index (χ0) is 7.82. The molecule has 0 amide bonds. The molecule has 0 unspecified atom stereocenters. The van der Waals surface area contributed by atoms with Crippen LogP contribution in [0, 0.1) is 0 Å². The molecule has 0 bridgehead atoms. The van der Waals surface area contributed by atoms with Crippen molar-refractivity contribution in [1.82, 2.24) is 0 Å². The van der Waals surface area contributed by atoms with Crippen LogP contribution < -0.4 is 10.9 Å². The molecule has 0 aliphatic carbocycles. The van der Waals surface area contributed by atoms with Gasteiger partial charge < -0.3 is 5.73 Å². The molecular weight excluding hydrogens is 146 g/mol. The zero-order valence-electron chi connectivity index (χ0n) is 6.34. The van der Waals surface area contributed by atoms with Gasteiger partial charge in [-0.25, -0.2) is 0 Å². The molecule has 0 fully saturated rings. The van der Waals surface area contributed by atoms with Gasteiger partial charge >= 0.3 is 0 Å². The van der Waals surface area contributed by atoms with Crippen LogP contribution in [0.4, 0.5) is 0 Å². The van der Waals surface area contributed by atoms with Gasteiger partial charge in [-0.3, -0.25) is 5.14 Å². The summed E-state index contributed by atoms with van der Waals surface area (Å²) in [5.41, 5.74) is 5.47. The predicted octanol–water partition coefficient (Wildman–Crippen LogP) is 1.45. The summed E-state index contributed by atoms with van der Waals surface area (Å²) < 4.78 is 3.79. The number of hydrogen-bond acceptors (Lipinski definition) is 3. The third-order valence-corrected chi connectivity index (χ3v) is 1.55. The van der Waals surface area contributed by atoms with Gasteiger partial charge in [0.05, 0.1) is 12.1 Å². The molecule has 0 aliphatic rings. The van der Waals surface area contributed by atoms with Gasteiger partial charge in [-0.1, -0.05) is 19.8 Å². The van der Waals surface area contributed by atoms with E-state index in [0.717, 1.165) is 25.0 Å². The molecule has 0 rings (SSSR count). The molecule has 4 heteroatoms. The smallest absolute Gasteiger partial charge is 0.109 e. The maximum absolute atomic E-state index is 5.47. The Morgan fingerprint density at radius 3 is 2.70 bits per heavy atom. The molecule has 0 spiro atoms. The van der Waals surface area contributed by atoms with E-state index in [1.807, 2.05) is 0 Å². The first-order valence-corrected chi connectivity index (χ1v) is 4.33. The third-order valence-electron chi connectivity index (χ3n) is 1.21. The van der Waals surface area contributed by atoms with Crippen LogP contribution in [0.1, 0.15) is 32.6 Å². The van der Waals surface area contributed by atoms with Crippen molar-refractivity contribution >= 4 is 18.0 Å². The Morgan fingerprint density at radius 2 is 2.20 bits per heavy atom. The van der Waals surface area contributed by atoms with Crippen molar-refractivity contribution in [2.24, 2.45) is 15.3 Å². The van der Waals surface area contributed by atoms with Crippen molar-refractivity contribution in [1.29, 1.82) is 0 Å². The van der Waals surface area contributed by atoms with E-state index in [4.69, 9.17) is 10.9 Å². The monoisotopic (exact) mass is 161 g/mol. The van der Waals surface area contributed by atoms with Crippen molar-refractivity contribution in [3.05, 3.63) is 0 Å². The number of amidine groups is 1. The van der Waals surface area contributed by atoms with Crippen LogP contribution in [0.2, 0.25) is 0 Å². The van der Waals surface area contributed by atoms with E-state index in [1.54, 1.807) is 0 Å². The van der Waals surface area contributed by atoms with Crippen LogP contribution >= 0.6 is 12.1 Å². The quantitative estimate of drug-likeness (QED) is 0.277. The standard InChI is InChI=1S/C6H15N3S/c1-2-3-4-5-6(7)9-10-8/h2-5,8H2,1H3,(H2,7,9). The molecule has 60 valence electrons. The highest BCUT2D eigenvalue weighted by Gasteiger charge is 1.90. The summed E-state index contributed by atoms with van der Waals surface area (Å²) in [6, 6.07) is 0. The van der Waals surface area contributed by atoms with E-state index < -0.39 is 0 Å². The average Bonchev–Trinajstić information content (AvgIpc) is 1.89. The Balaban J connectivity index is 3.21.